The molecule has 0 bridgehead atoms. The quantitative estimate of drug-likeness (QED) is 0.647. The van der Waals surface area contributed by atoms with Crippen LogP contribution in [-0.2, 0) is 6.42 Å². The summed E-state index contributed by atoms with van der Waals surface area (Å²) in [7, 11) is 0. The number of allylic oxidation sites excluding steroid dienone is 1. The van der Waals surface area contributed by atoms with E-state index >= 15 is 0 Å². The fourth-order valence-corrected chi connectivity index (χ4v) is 2.10. The van der Waals surface area contributed by atoms with Gasteiger partial charge in [-0.25, -0.2) is 4.79 Å². The van der Waals surface area contributed by atoms with Crippen LogP contribution in [-0.4, -0.2) is 16.0 Å². The highest BCUT2D eigenvalue weighted by atomic mass is 16.6. The van der Waals surface area contributed by atoms with E-state index in [-0.39, 0.29) is 5.56 Å². The third-order valence-corrected chi connectivity index (χ3v) is 3.20. The van der Waals surface area contributed by atoms with Crippen LogP contribution in [0.5, 0.6) is 0 Å². The molecule has 2 aromatic carbocycles. The number of nitro benzene ring substituents is 1. The summed E-state index contributed by atoms with van der Waals surface area (Å²) in [5.74, 6) is -1.30. The summed E-state index contributed by atoms with van der Waals surface area (Å²) in [5, 5.41) is 19.8. The maximum Gasteiger partial charge on any atom is 0.342 e. The Bertz CT molecular complexity index is 708. The molecule has 0 atom stereocenters. The van der Waals surface area contributed by atoms with Crippen molar-refractivity contribution in [1.29, 1.82) is 0 Å². The number of nitro groups is 1. The lowest BCUT2D eigenvalue weighted by Gasteiger charge is -2.00. The Balaban J connectivity index is 2.06. The van der Waals surface area contributed by atoms with Crippen molar-refractivity contribution in [2.45, 2.75) is 12.8 Å². The number of aromatic carboxylic acids is 1. The Morgan fingerprint density at radius 3 is 2.55 bits per heavy atom. The maximum atomic E-state index is 10.9. The van der Waals surface area contributed by atoms with Gasteiger partial charge < -0.3 is 5.11 Å². The van der Waals surface area contributed by atoms with Gasteiger partial charge in [0.25, 0.3) is 5.69 Å². The summed E-state index contributed by atoms with van der Waals surface area (Å²) >= 11 is 0. The second-order valence-electron chi connectivity index (χ2n) is 4.77. The van der Waals surface area contributed by atoms with Gasteiger partial charge in [0.15, 0.2) is 0 Å². The first-order valence-corrected chi connectivity index (χ1v) is 6.80. The van der Waals surface area contributed by atoms with Gasteiger partial charge in [-0.2, -0.15) is 0 Å². The lowest BCUT2D eigenvalue weighted by atomic mass is 10.1. The zero-order valence-electron chi connectivity index (χ0n) is 11.8. The van der Waals surface area contributed by atoms with E-state index in [0.29, 0.717) is 5.56 Å². The number of carboxylic acids is 1. The van der Waals surface area contributed by atoms with Crippen LogP contribution < -0.4 is 0 Å². The van der Waals surface area contributed by atoms with Crippen molar-refractivity contribution in [3.63, 3.8) is 0 Å². The average Bonchev–Trinajstić information content (AvgIpc) is 2.52. The smallest absolute Gasteiger partial charge is 0.342 e. The lowest BCUT2D eigenvalue weighted by Crippen LogP contribution is -2.02. The van der Waals surface area contributed by atoms with Gasteiger partial charge in [-0.15, -0.1) is 0 Å². The molecular weight excluding hydrogens is 282 g/mol. The Kier molecular flexibility index (Phi) is 5.03. The second-order valence-corrected chi connectivity index (χ2v) is 4.77. The van der Waals surface area contributed by atoms with Crippen LogP contribution >= 0.6 is 0 Å². The molecule has 5 nitrogen and oxygen atoms in total. The summed E-state index contributed by atoms with van der Waals surface area (Å²) in [4.78, 5) is 21.2. The van der Waals surface area contributed by atoms with E-state index in [9.17, 15) is 14.9 Å². The minimum atomic E-state index is -1.30. The van der Waals surface area contributed by atoms with Crippen LogP contribution in [0.1, 0.15) is 27.9 Å². The molecule has 22 heavy (non-hydrogen) atoms. The standard InChI is InChI=1S/C17H15NO4/c19-17(20)15-11-10-14(12-16(15)18(21)22)9-5-4-8-13-6-2-1-3-7-13/h1-3,5-7,9-12H,4,8H2,(H,19,20). The first kappa shape index (κ1) is 15.4. The molecule has 0 aliphatic carbocycles. The molecule has 0 saturated carbocycles. The molecule has 0 saturated heterocycles. The molecular formula is C17H15NO4. The van der Waals surface area contributed by atoms with E-state index in [0.717, 1.165) is 12.8 Å². The van der Waals surface area contributed by atoms with Gasteiger partial charge in [-0.1, -0.05) is 48.6 Å². The fraction of sp³-hybridized carbons (Fsp3) is 0.118. The molecule has 2 aromatic rings. The highest BCUT2D eigenvalue weighted by molar-refractivity contribution is 5.92. The zero-order chi connectivity index (χ0) is 15.9. The number of carboxylic acid groups (broad SMARTS) is 1. The van der Waals surface area contributed by atoms with Crippen LogP contribution in [0.4, 0.5) is 5.69 Å². The van der Waals surface area contributed by atoms with E-state index < -0.39 is 16.6 Å². The van der Waals surface area contributed by atoms with Crippen LogP contribution in [0, 0.1) is 10.1 Å². The highest BCUT2D eigenvalue weighted by Crippen LogP contribution is 2.21. The van der Waals surface area contributed by atoms with Gasteiger partial charge in [-0.3, -0.25) is 10.1 Å². The Hall–Kier alpha value is -2.95. The minimum absolute atomic E-state index is 0.300. The minimum Gasteiger partial charge on any atom is -0.477 e. The highest BCUT2D eigenvalue weighted by Gasteiger charge is 2.19. The summed E-state index contributed by atoms with van der Waals surface area (Å²) < 4.78 is 0. The number of hydrogen-bond donors (Lipinski definition) is 1. The molecule has 112 valence electrons. The average molecular weight is 297 g/mol. The largest absolute Gasteiger partial charge is 0.477 e. The predicted molar refractivity (Wildman–Crippen MR) is 83.9 cm³/mol. The normalized spacial score (nSPS) is 10.7. The number of nitrogens with zero attached hydrogens (tertiary/aromatic N) is 1. The first-order chi connectivity index (χ1) is 10.6. The number of aryl methyl sites for hydroxylation is 1. The summed E-state index contributed by atoms with van der Waals surface area (Å²) in [6, 6.07) is 14.1. The molecule has 0 aliphatic rings. The zero-order valence-corrected chi connectivity index (χ0v) is 11.8. The van der Waals surface area contributed by atoms with Crippen molar-refractivity contribution in [3.05, 3.63) is 81.4 Å². The van der Waals surface area contributed by atoms with E-state index in [1.165, 1.54) is 17.7 Å². The molecule has 0 amide bonds. The van der Waals surface area contributed by atoms with Crippen molar-refractivity contribution in [1.82, 2.24) is 0 Å². The second kappa shape index (κ2) is 7.17. The molecule has 0 radical (unpaired) electrons. The molecule has 0 aliphatic heterocycles. The molecule has 0 aromatic heterocycles. The molecule has 5 heteroatoms. The first-order valence-electron chi connectivity index (χ1n) is 6.80. The molecule has 1 N–H and O–H groups in total. The number of benzene rings is 2. The number of rotatable bonds is 6. The summed E-state index contributed by atoms with van der Waals surface area (Å²) in [6.45, 7) is 0. The van der Waals surface area contributed by atoms with Crippen molar-refractivity contribution in [2.24, 2.45) is 0 Å². The Morgan fingerprint density at radius 1 is 1.18 bits per heavy atom. The molecule has 0 unspecified atom stereocenters. The lowest BCUT2D eigenvalue weighted by molar-refractivity contribution is -0.385. The third-order valence-electron chi connectivity index (χ3n) is 3.20. The van der Waals surface area contributed by atoms with E-state index in [2.05, 4.69) is 0 Å². The van der Waals surface area contributed by atoms with Crippen molar-refractivity contribution >= 4 is 17.7 Å². The van der Waals surface area contributed by atoms with Crippen molar-refractivity contribution in [2.75, 3.05) is 0 Å². The van der Waals surface area contributed by atoms with Crippen molar-refractivity contribution < 1.29 is 14.8 Å². The van der Waals surface area contributed by atoms with E-state index in [1.807, 2.05) is 36.4 Å². The van der Waals surface area contributed by atoms with Gasteiger partial charge >= 0.3 is 5.97 Å². The SMILES string of the molecule is O=C(O)c1ccc(C=CCCc2ccccc2)cc1[N+](=O)[O-]. The monoisotopic (exact) mass is 297 g/mol. The fourth-order valence-electron chi connectivity index (χ4n) is 2.10. The van der Waals surface area contributed by atoms with Crippen molar-refractivity contribution in [3.8, 4) is 0 Å². The topological polar surface area (TPSA) is 80.4 Å². The van der Waals surface area contributed by atoms with Gasteiger partial charge in [0.05, 0.1) is 4.92 Å². The Labute approximate surface area is 127 Å². The third kappa shape index (κ3) is 4.02. The van der Waals surface area contributed by atoms with Gasteiger partial charge in [0.1, 0.15) is 5.56 Å². The Morgan fingerprint density at radius 2 is 1.91 bits per heavy atom. The molecule has 0 heterocycles. The van der Waals surface area contributed by atoms with Crippen LogP contribution in [0.25, 0.3) is 6.08 Å². The maximum absolute atomic E-state index is 10.9. The number of hydrogen-bond acceptors (Lipinski definition) is 3. The van der Waals surface area contributed by atoms with Gasteiger partial charge in [0, 0.05) is 6.07 Å². The van der Waals surface area contributed by atoms with Crippen LogP contribution in [0.15, 0.2) is 54.6 Å². The van der Waals surface area contributed by atoms with E-state index in [1.54, 1.807) is 12.1 Å². The summed E-state index contributed by atoms with van der Waals surface area (Å²) in [6.07, 6.45) is 5.37. The van der Waals surface area contributed by atoms with Gasteiger partial charge in [-0.05, 0) is 30.0 Å². The molecule has 0 spiro atoms. The molecule has 2 rings (SSSR count). The summed E-state index contributed by atoms with van der Waals surface area (Å²) in [5.41, 5.74) is 1.15. The van der Waals surface area contributed by atoms with Crippen LogP contribution in [0.3, 0.4) is 0 Å². The van der Waals surface area contributed by atoms with E-state index in [4.69, 9.17) is 5.11 Å². The predicted octanol–water partition coefficient (Wildman–Crippen LogP) is 3.94. The van der Waals surface area contributed by atoms with Crippen LogP contribution in [0.2, 0.25) is 0 Å². The molecule has 0 fully saturated rings. The number of carbonyl (C=O) groups is 1. The van der Waals surface area contributed by atoms with Gasteiger partial charge in [0.2, 0.25) is 0 Å².